The van der Waals surface area contributed by atoms with Crippen molar-refractivity contribution in [2.24, 2.45) is 0 Å². The van der Waals surface area contributed by atoms with E-state index in [1.165, 1.54) is 11.3 Å². The summed E-state index contributed by atoms with van der Waals surface area (Å²) in [6.07, 6.45) is 0.783. The number of thiophene rings is 1. The summed E-state index contributed by atoms with van der Waals surface area (Å²) in [6, 6.07) is 13.3. The molecule has 3 rings (SSSR count). The summed E-state index contributed by atoms with van der Waals surface area (Å²) in [6.45, 7) is 3.85. The maximum absolute atomic E-state index is 12.7. The molecule has 3 aromatic rings. The van der Waals surface area contributed by atoms with Crippen LogP contribution in [0.1, 0.15) is 29.8 Å². The highest BCUT2D eigenvalue weighted by Crippen LogP contribution is 2.36. The van der Waals surface area contributed by atoms with Gasteiger partial charge in [0, 0.05) is 19.9 Å². The number of hydrogen-bond donors (Lipinski definition) is 1. The van der Waals surface area contributed by atoms with E-state index in [0.29, 0.717) is 21.9 Å². The molecule has 0 aliphatic rings. The first-order chi connectivity index (χ1) is 14.9. The first-order valence-electron chi connectivity index (χ1n) is 9.68. The Balaban J connectivity index is 1.79. The third-order valence-corrected chi connectivity index (χ3v) is 6.36. The molecule has 0 radical (unpaired) electrons. The molecule has 0 aliphatic heterocycles. The van der Waals surface area contributed by atoms with Crippen LogP contribution in [0.2, 0.25) is 0 Å². The minimum atomic E-state index is -0.473. The fourth-order valence-corrected chi connectivity index (χ4v) is 4.62. The third-order valence-electron chi connectivity index (χ3n) is 4.44. The van der Waals surface area contributed by atoms with E-state index in [2.05, 4.69) is 37.2 Å². The van der Waals surface area contributed by atoms with E-state index < -0.39 is 5.97 Å². The molecule has 2 aromatic carbocycles. The minimum absolute atomic E-state index is 0.164. The summed E-state index contributed by atoms with van der Waals surface area (Å²) in [5.41, 5.74) is 2.93. The molecule has 31 heavy (non-hydrogen) atoms. The maximum Gasteiger partial charge on any atom is 0.341 e. The highest BCUT2D eigenvalue weighted by Gasteiger charge is 2.23. The molecule has 0 saturated carbocycles. The molecule has 0 spiro atoms. The van der Waals surface area contributed by atoms with Crippen molar-refractivity contribution in [3.05, 3.63) is 67.9 Å². The summed E-state index contributed by atoms with van der Waals surface area (Å²) in [7, 11) is 0. The molecule has 162 valence electrons. The number of carbonyl (C=O) groups is 2. The van der Waals surface area contributed by atoms with Crippen molar-refractivity contribution in [1.82, 2.24) is 0 Å². The second-order valence-corrected chi connectivity index (χ2v) is 9.23. The number of aryl methyl sites for hydroxylation is 1. The van der Waals surface area contributed by atoms with Gasteiger partial charge in [-0.15, -0.1) is 11.3 Å². The number of esters is 1. The fraction of sp³-hybridized carbons (Fsp3) is 0.217. The molecular weight excluding hydrogens is 546 g/mol. The lowest BCUT2D eigenvalue weighted by Crippen LogP contribution is -2.21. The predicted octanol–water partition coefficient (Wildman–Crippen LogP) is 6.70. The number of amides is 1. The topological polar surface area (TPSA) is 64.6 Å². The number of nitrogens with one attached hydrogen (secondary N) is 1. The van der Waals surface area contributed by atoms with Gasteiger partial charge in [-0.05, 0) is 54.8 Å². The van der Waals surface area contributed by atoms with Crippen molar-refractivity contribution < 1.29 is 19.1 Å². The first-order valence-corrected chi connectivity index (χ1v) is 12.1. The van der Waals surface area contributed by atoms with Crippen LogP contribution < -0.4 is 10.1 Å². The van der Waals surface area contributed by atoms with Gasteiger partial charge in [0.15, 0.2) is 6.61 Å². The van der Waals surface area contributed by atoms with Crippen LogP contribution in [0.5, 0.6) is 5.75 Å². The second-order valence-electron chi connectivity index (χ2n) is 6.52. The normalized spacial score (nSPS) is 10.6. The van der Waals surface area contributed by atoms with Crippen molar-refractivity contribution in [2.45, 2.75) is 20.3 Å². The predicted molar refractivity (Wildman–Crippen MR) is 131 cm³/mol. The van der Waals surface area contributed by atoms with Gasteiger partial charge in [-0.25, -0.2) is 4.79 Å². The van der Waals surface area contributed by atoms with Crippen molar-refractivity contribution in [3.63, 3.8) is 0 Å². The number of ether oxygens (including phenoxy) is 2. The zero-order chi connectivity index (χ0) is 22.4. The molecule has 5 nitrogen and oxygen atoms in total. The Morgan fingerprint density at radius 3 is 2.42 bits per heavy atom. The van der Waals surface area contributed by atoms with Crippen LogP contribution >= 0.6 is 43.2 Å². The Bertz CT molecular complexity index is 1080. The van der Waals surface area contributed by atoms with Gasteiger partial charge < -0.3 is 14.8 Å². The highest BCUT2D eigenvalue weighted by atomic mass is 79.9. The summed E-state index contributed by atoms with van der Waals surface area (Å²) in [5, 5.41) is 5.09. The van der Waals surface area contributed by atoms with Gasteiger partial charge in [-0.3, -0.25) is 4.79 Å². The zero-order valence-electron chi connectivity index (χ0n) is 17.0. The quantitative estimate of drug-likeness (QED) is 0.308. The van der Waals surface area contributed by atoms with Gasteiger partial charge in [0.25, 0.3) is 5.91 Å². The van der Waals surface area contributed by atoms with Gasteiger partial charge in [0.05, 0.1) is 6.61 Å². The number of halogens is 2. The van der Waals surface area contributed by atoms with E-state index in [0.717, 1.165) is 26.5 Å². The number of hydrogen-bond acceptors (Lipinski definition) is 5. The number of rotatable bonds is 8. The van der Waals surface area contributed by atoms with Crippen LogP contribution in [-0.2, 0) is 16.0 Å². The van der Waals surface area contributed by atoms with E-state index >= 15 is 0 Å². The first kappa shape index (κ1) is 23.5. The monoisotopic (exact) mass is 565 g/mol. The van der Waals surface area contributed by atoms with Crippen LogP contribution in [-0.4, -0.2) is 25.1 Å². The van der Waals surface area contributed by atoms with Crippen molar-refractivity contribution in [3.8, 4) is 16.9 Å². The lowest BCUT2D eigenvalue weighted by molar-refractivity contribution is -0.118. The van der Waals surface area contributed by atoms with Crippen LogP contribution in [0.25, 0.3) is 11.1 Å². The summed E-state index contributed by atoms with van der Waals surface area (Å²) < 4.78 is 12.9. The Kier molecular flexibility index (Phi) is 8.28. The molecule has 0 atom stereocenters. The molecule has 0 aliphatic carbocycles. The molecule has 1 aromatic heterocycles. The SMILES string of the molecule is CCOC(=O)c1c(-c2ccc(Br)cc2)csc1NC(=O)COc1ccc(Br)cc1CC. The molecule has 0 saturated heterocycles. The third kappa shape index (κ3) is 5.96. The van der Waals surface area contributed by atoms with Crippen LogP contribution in [0.4, 0.5) is 5.00 Å². The van der Waals surface area contributed by atoms with Gasteiger partial charge in [0.2, 0.25) is 0 Å². The molecule has 1 N–H and O–H groups in total. The maximum atomic E-state index is 12.7. The van der Waals surface area contributed by atoms with Crippen LogP contribution in [0.15, 0.2) is 56.8 Å². The fourth-order valence-electron chi connectivity index (χ4n) is 2.97. The molecule has 1 heterocycles. The van der Waals surface area contributed by atoms with E-state index in [-0.39, 0.29) is 19.1 Å². The molecule has 1 amide bonds. The Morgan fingerprint density at radius 2 is 1.74 bits per heavy atom. The van der Waals surface area contributed by atoms with E-state index in [1.54, 1.807) is 6.92 Å². The molecule has 8 heteroatoms. The largest absolute Gasteiger partial charge is 0.483 e. The van der Waals surface area contributed by atoms with Crippen LogP contribution in [0, 0.1) is 0 Å². The van der Waals surface area contributed by atoms with E-state index in [1.807, 2.05) is 54.8 Å². The number of carbonyl (C=O) groups excluding carboxylic acids is 2. The molecule has 0 unspecified atom stereocenters. The van der Waals surface area contributed by atoms with Gasteiger partial charge in [-0.1, -0.05) is 50.9 Å². The lowest BCUT2D eigenvalue weighted by atomic mass is 10.0. The summed E-state index contributed by atoms with van der Waals surface area (Å²) in [4.78, 5) is 25.2. The second kappa shape index (κ2) is 10.9. The summed E-state index contributed by atoms with van der Waals surface area (Å²) >= 11 is 8.14. The van der Waals surface area contributed by atoms with Gasteiger partial charge in [-0.2, -0.15) is 0 Å². The van der Waals surface area contributed by atoms with Gasteiger partial charge >= 0.3 is 5.97 Å². The van der Waals surface area contributed by atoms with Crippen molar-refractivity contribution in [1.29, 1.82) is 0 Å². The van der Waals surface area contributed by atoms with E-state index in [9.17, 15) is 9.59 Å². The van der Waals surface area contributed by atoms with E-state index in [4.69, 9.17) is 9.47 Å². The highest BCUT2D eigenvalue weighted by molar-refractivity contribution is 9.10. The average molecular weight is 567 g/mol. The number of anilines is 1. The molecular formula is C23H21Br2NO4S. The molecule has 0 fully saturated rings. The Labute approximate surface area is 202 Å². The smallest absolute Gasteiger partial charge is 0.341 e. The van der Waals surface area contributed by atoms with Crippen molar-refractivity contribution >= 4 is 60.1 Å². The van der Waals surface area contributed by atoms with Crippen molar-refractivity contribution in [2.75, 3.05) is 18.5 Å². The number of benzene rings is 2. The lowest BCUT2D eigenvalue weighted by Gasteiger charge is -2.12. The average Bonchev–Trinajstić information content (AvgIpc) is 3.17. The van der Waals surface area contributed by atoms with Gasteiger partial charge in [0.1, 0.15) is 16.3 Å². The standard InChI is InChI=1S/C23H21Br2NO4S/c1-3-14-11-17(25)9-10-19(14)30-12-20(27)26-22-21(23(28)29-4-2)18(13-31-22)15-5-7-16(24)8-6-15/h5-11,13H,3-4,12H2,1-2H3,(H,26,27). The minimum Gasteiger partial charge on any atom is -0.483 e. The summed E-state index contributed by atoms with van der Waals surface area (Å²) in [5.74, 6) is -0.160. The zero-order valence-corrected chi connectivity index (χ0v) is 21.0. The molecule has 0 bridgehead atoms. The van der Waals surface area contributed by atoms with Crippen LogP contribution in [0.3, 0.4) is 0 Å². The Morgan fingerprint density at radius 1 is 1.03 bits per heavy atom. The Hall–Kier alpha value is -2.16.